The maximum atomic E-state index is 13.6. The number of ether oxygens (including phenoxy) is 1. The van der Waals surface area contributed by atoms with E-state index in [0.29, 0.717) is 13.0 Å². The van der Waals surface area contributed by atoms with Gasteiger partial charge in [0.25, 0.3) is 5.89 Å². The summed E-state index contributed by atoms with van der Waals surface area (Å²) < 4.78 is 53.0. The highest BCUT2D eigenvalue weighted by Gasteiger charge is 2.36. The maximum absolute atomic E-state index is 13.6. The van der Waals surface area contributed by atoms with Crippen LogP contribution in [0, 0.1) is 0 Å². The molecule has 1 aromatic heterocycles. The Labute approximate surface area is 172 Å². The van der Waals surface area contributed by atoms with Gasteiger partial charge < -0.3 is 9.26 Å². The predicted octanol–water partition coefficient (Wildman–Crippen LogP) is 3.61. The maximum Gasteiger partial charge on any atom is 0.419 e. The van der Waals surface area contributed by atoms with Gasteiger partial charge in [0, 0.05) is 5.56 Å². The number of allylic oxidation sites excluding steroid dienone is 1. The molecule has 0 unspecified atom stereocenters. The fraction of sp³-hybridized carbons (Fsp3) is 0.450. The molecule has 2 heterocycles. The van der Waals surface area contributed by atoms with Gasteiger partial charge in [-0.05, 0) is 37.5 Å². The van der Waals surface area contributed by atoms with E-state index in [-0.39, 0.29) is 41.6 Å². The summed E-state index contributed by atoms with van der Waals surface area (Å²) in [5.41, 5.74) is 10.7. The van der Waals surface area contributed by atoms with Crippen molar-refractivity contribution in [3.8, 4) is 17.1 Å². The largest absolute Gasteiger partial charge is 0.489 e. The molecule has 1 aliphatic rings. The van der Waals surface area contributed by atoms with Crippen LogP contribution in [-0.4, -0.2) is 33.8 Å². The number of aromatic nitrogens is 2. The average Bonchev–Trinajstić information content (AvgIpc) is 3.36. The minimum absolute atomic E-state index is 0.0588. The number of nitrogens with two attached hydrogens (primary N) is 2. The van der Waals surface area contributed by atoms with Crippen LogP contribution in [-0.2, 0) is 6.18 Å². The highest BCUT2D eigenvalue weighted by Crippen LogP contribution is 2.39. The minimum atomic E-state index is -4.59. The molecule has 1 aliphatic heterocycles. The van der Waals surface area contributed by atoms with Gasteiger partial charge in [-0.25, -0.2) is 0 Å². The van der Waals surface area contributed by atoms with E-state index in [1.165, 1.54) is 12.1 Å². The standard InChI is InChI=1S/C20H24F3N5O2/c1-2-3-4-5-11-29-16-9-8-13(12-14(16)20(21,22)23)17-26-18(30-27-17)15-7-6-10-28(15)19(24)25/h4-5,8-9,12,15H,2-3,6-7,10-11H2,1H3,(H3,24,25)/p+1/b5-4+/t15-/m0/s1. The van der Waals surface area contributed by atoms with Crippen molar-refractivity contribution in [1.29, 1.82) is 0 Å². The van der Waals surface area contributed by atoms with Gasteiger partial charge in [0.2, 0.25) is 5.82 Å². The fourth-order valence-corrected chi connectivity index (χ4v) is 3.33. The Morgan fingerprint density at radius 1 is 1.33 bits per heavy atom. The van der Waals surface area contributed by atoms with Gasteiger partial charge in [-0.15, -0.1) is 0 Å². The molecule has 3 rings (SSSR count). The molecule has 1 aromatic carbocycles. The lowest BCUT2D eigenvalue weighted by atomic mass is 10.1. The fourth-order valence-electron chi connectivity index (χ4n) is 3.33. The van der Waals surface area contributed by atoms with Crippen LogP contribution >= 0.6 is 0 Å². The van der Waals surface area contributed by atoms with Crippen molar-refractivity contribution in [2.24, 2.45) is 11.5 Å². The summed E-state index contributed by atoms with van der Waals surface area (Å²) in [4.78, 5) is 4.28. The number of hydrogen-bond donors (Lipinski definition) is 2. The topological polar surface area (TPSA) is 103 Å². The monoisotopic (exact) mass is 424 g/mol. The molecular formula is C20H25F3N5O2+. The van der Waals surface area contributed by atoms with Crippen LogP contribution in [0.3, 0.4) is 0 Å². The van der Waals surface area contributed by atoms with Crippen molar-refractivity contribution in [1.82, 2.24) is 10.1 Å². The van der Waals surface area contributed by atoms with Gasteiger partial charge >= 0.3 is 12.1 Å². The first-order valence-electron chi connectivity index (χ1n) is 9.78. The summed E-state index contributed by atoms with van der Waals surface area (Å²) in [6.07, 6.45) is 2.36. The van der Waals surface area contributed by atoms with Gasteiger partial charge in [0.1, 0.15) is 12.4 Å². The summed E-state index contributed by atoms with van der Waals surface area (Å²) in [7, 11) is 0. The zero-order valence-electron chi connectivity index (χ0n) is 16.7. The minimum Gasteiger partial charge on any atom is -0.489 e. The number of halogens is 3. The Kier molecular flexibility index (Phi) is 6.63. The number of benzene rings is 1. The van der Waals surface area contributed by atoms with Gasteiger partial charge in [-0.3, -0.25) is 16.0 Å². The molecule has 10 heteroatoms. The van der Waals surface area contributed by atoms with E-state index in [4.69, 9.17) is 20.7 Å². The Hall–Kier alpha value is -3.04. The first-order chi connectivity index (χ1) is 14.3. The third-order valence-corrected chi connectivity index (χ3v) is 4.81. The highest BCUT2D eigenvalue weighted by atomic mass is 19.4. The Morgan fingerprint density at radius 3 is 2.83 bits per heavy atom. The molecule has 2 aromatic rings. The molecule has 162 valence electrons. The van der Waals surface area contributed by atoms with Crippen molar-refractivity contribution in [2.45, 2.75) is 44.8 Å². The van der Waals surface area contributed by atoms with E-state index in [9.17, 15) is 13.2 Å². The predicted molar refractivity (Wildman–Crippen MR) is 105 cm³/mol. The second-order valence-corrected chi connectivity index (χ2v) is 7.01. The van der Waals surface area contributed by atoms with Gasteiger partial charge in [0.05, 0.1) is 12.1 Å². The normalized spacial score (nSPS) is 17.1. The lowest BCUT2D eigenvalue weighted by molar-refractivity contribution is -0.555. The first-order valence-corrected chi connectivity index (χ1v) is 9.78. The molecule has 0 radical (unpaired) electrons. The third kappa shape index (κ3) is 4.92. The SMILES string of the molecule is CCC/C=C/COc1ccc(-c2noc([C@@H]3CCC[N+]3=C(N)N)n2)cc1C(F)(F)F. The summed E-state index contributed by atoms with van der Waals surface area (Å²) in [6, 6.07) is 3.44. The number of unbranched alkanes of at least 4 members (excludes halogenated alkanes) is 1. The van der Waals surface area contributed by atoms with E-state index in [1.807, 2.05) is 13.0 Å². The number of guanidine groups is 1. The lowest BCUT2D eigenvalue weighted by Crippen LogP contribution is -2.35. The number of nitrogens with zero attached hydrogens (tertiary/aromatic N) is 3. The number of rotatable bonds is 7. The Morgan fingerprint density at radius 2 is 2.13 bits per heavy atom. The van der Waals surface area contributed by atoms with Gasteiger partial charge in [-0.2, -0.15) is 18.2 Å². The molecule has 7 nitrogen and oxygen atoms in total. The number of hydrogen-bond acceptors (Lipinski definition) is 4. The molecule has 0 spiro atoms. The van der Waals surface area contributed by atoms with Crippen molar-refractivity contribution in [3.63, 3.8) is 0 Å². The smallest absolute Gasteiger partial charge is 0.419 e. The zero-order chi connectivity index (χ0) is 21.7. The van der Waals surface area contributed by atoms with Crippen LogP contribution in [0.15, 0.2) is 34.9 Å². The van der Waals surface area contributed by atoms with Crippen molar-refractivity contribution >= 4 is 5.96 Å². The molecule has 30 heavy (non-hydrogen) atoms. The summed E-state index contributed by atoms with van der Waals surface area (Å²) in [5, 5.41) is 3.85. The zero-order valence-corrected chi connectivity index (χ0v) is 16.7. The van der Waals surface area contributed by atoms with E-state index in [0.717, 1.165) is 25.3 Å². The summed E-state index contributed by atoms with van der Waals surface area (Å²) in [5.74, 6) is 0.230. The third-order valence-electron chi connectivity index (χ3n) is 4.81. The van der Waals surface area contributed by atoms with Crippen molar-refractivity contribution in [3.05, 3.63) is 41.8 Å². The average molecular weight is 424 g/mol. The lowest BCUT2D eigenvalue weighted by Gasteiger charge is -2.14. The van der Waals surface area contributed by atoms with Crippen LogP contribution < -0.4 is 16.2 Å². The van der Waals surface area contributed by atoms with Gasteiger partial charge in [-0.1, -0.05) is 30.7 Å². The van der Waals surface area contributed by atoms with Crippen LogP contribution in [0.25, 0.3) is 11.4 Å². The van der Waals surface area contributed by atoms with E-state index >= 15 is 0 Å². The summed E-state index contributed by atoms with van der Waals surface area (Å²) in [6.45, 7) is 2.73. The number of alkyl halides is 3. The summed E-state index contributed by atoms with van der Waals surface area (Å²) >= 11 is 0. The van der Waals surface area contributed by atoms with Crippen LogP contribution in [0.2, 0.25) is 0 Å². The van der Waals surface area contributed by atoms with Crippen molar-refractivity contribution < 1.29 is 27.0 Å². The molecule has 4 N–H and O–H groups in total. The molecule has 1 atom stereocenters. The second-order valence-electron chi connectivity index (χ2n) is 7.01. The second kappa shape index (κ2) is 9.19. The molecule has 0 aliphatic carbocycles. The molecule has 0 amide bonds. The molecule has 0 bridgehead atoms. The van der Waals surface area contributed by atoms with Crippen LogP contribution in [0.4, 0.5) is 13.2 Å². The quantitative estimate of drug-likeness (QED) is 0.400. The molecular weight excluding hydrogens is 399 g/mol. The van der Waals surface area contributed by atoms with Gasteiger partial charge in [0.15, 0.2) is 6.04 Å². The molecule has 0 saturated carbocycles. The first kappa shape index (κ1) is 21.7. The molecule has 1 saturated heterocycles. The Bertz CT molecular complexity index is 933. The van der Waals surface area contributed by atoms with Crippen molar-refractivity contribution in [2.75, 3.05) is 13.2 Å². The molecule has 1 fully saturated rings. The van der Waals surface area contributed by atoms with E-state index < -0.39 is 11.7 Å². The Balaban J connectivity index is 1.85. The highest BCUT2D eigenvalue weighted by molar-refractivity contribution is 5.70. The van der Waals surface area contributed by atoms with Crippen LogP contribution in [0.1, 0.15) is 50.1 Å². The van der Waals surface area contributed by atoms with E-state index in [2.05, 4.69) is 10.1 Å². The van der Waals surface area contributed by atoms with Crippen LogP contribution in [0.5, 0.6) is 5.75 Å². The van der Waals surface area contributed by atoms with E-state index in [1.54, 1.807) is 10.7 Å².